The Kier molecular flexibility index (Phi) is 2.40. The Morgan fingerprint density at radius 3 is 2.80 bits per heavy atom. The van der Waals surface area contributed by atoms with Crippen LogP contribution in [-0.4, -0.2) is 18.1 Å². The summed E-state index contributed by atoms with van der Waals surface area (Å²) in [6.07, 6.45) is 0. The van der Waals surface area contributed by atoms with E-state index in [1.807, 2.05) is 19.1 Å². The van der Waals surface area contributed by atoms with Crippen molar-refractivity contribution in [2.24, 2.45) is 0 Å². The zero-order valence-corrected chi connectivity index (χ0v) is 9.18. The molecule has 4 heteroatoms. The van der Waals surface area contributed by atoms with Gasteiger partial charge >= 0.3 is 5.97 Å². The minimum absolute atomic E-state index is 0.385. The molecule has 0 amide bonds. The molecule has 0 aliphatic rings. The molecule has 15 heavy (non-hydrogen) atoms. The largest absolute Gasteiger partial charge is 0.465 e. The van der Waals surface area contributed by atoms with Gasteiger partial charge in [-0.1, -0.05) is 11.6 Å². The van der Waals surface area contributed by atoms with E-state index in [9.17, 15) is 4.79 Å². The van der Waals surface area contributed by atoms with Gasteiger partial charge in [0, 0.05) is 16.1 Å². The molecule has 0 saturated carbocycles. The molecular weight excluding hydrogens is 214 g/mol. The number of esters is 1. The fourth-order valence-corrected chi connectivity index (χ4v) is 1.85. The summed E-state index contributed by atoms with van der Waals surface area (Å²) in [5.41, 5.74) is 2.22. The van der Waals surface area contributed by atoms with Gasteiger partial charge in [-0.05, 0) is 25.1 Å². The van der Waals surface area contributed by atoms with E-state index in [2.05, 4.69) is 4.98 Å². The highest BCUT2D eigenvalue weighted by Crippen LogP contribution is 2.24. The molecule has 0 fully saturated rings. The van der Waals surface area contributed by atoms with Crippen LogP contribution in [0.2, 0.25) is 5.02 Å². The first-order valence-electron chi connectivity index (χ1n) is 4.49. The summed E-state index contributed by atoms with van der Waals surface area (Å²) in [5.74, 6) is -0.385. The molecule has 0 atom stereocenters. The summed E-state index contributed by atoms with van der Waals surface area (Å²) >= 11 is 5.91. The van der Waals surface area contributed by atoms with Crippen molar-refractivity contribution in [3.8, 4) is 0 Å². The van der Waals surface area contributed by atoms with E-state index < -0.39 is 0 Å². The number of H-pyrrole nitrogens is 1. The molecular formula is C11H10ClNO2. The molecule has 0 saturated heterocycles. The smallest absolute Gasteiger partial charge is 0.340 e. The number of ether oxygens (including phenoxy) is 1. The minimum Gasteiger partial charge on any atom is -0.465 e. The summed E-state index contributed by atoms with van der Waals surface area (Å²) in [4.78, 5) is 14.6. The Labute approximate surface area is 92.0 Å². The van der Waals surface area contributed by atoms with Crippen molar-refractivity contribution >= 4 is 28.5 Å². The van der Waals surface area contributed by atoms with E-state index in [4.69, 9.17) is 16.3 Å². The number of carbonyl (C=O) groups excluding carboxylic acids is 1. The number of benzene rings is 1. The van der Waals surface area contributed by atoms with Gasteiger partial charge in [-0.15, -0.1) is 0 Å². The van der Waals surface area contributed by atoms with E-state index in [1.54, 1.807) is 6.07 Å². The quantitative estimate of drug-likeness (QED) is 0.756. The first-order valence-corrected chi connectivity index (χ1v) is 4.87. The predicted octanol–water partition coefficient (Wildman–Crippen LogP) is 2.92. The number of aromatic nitrogens is 1. The van der Waals surface area contributed by atoms with Gasteiger partial charge in [0.25, 0.3) is 0 Å². The maximum atomic E-state index is 11.5. The van der Waals surface area contributed by atoms with Crippen LogP contribution >= 0.6 is 11.6 Å². The normalized spacial score (nSPS) is 10.6. The Hall–Kier alpha value is -1.48. The second-order valence-corrected chi connectivity index (χ2v) is 3.80. The van der Waals surface area contributed by atoms with Gasteiger partial charge in [0.15, 0.2) is 0 Å². The number of fused-ring (bicyclic) bond motifs is 1. The monoisotopic (exact) mass is 223 g/mol. The molecule has 0 bridgehead atoms. The highest BCUT2D eigenvalue weighted by molar-refractivity contribution is 6.32. The van der Waals surface area contributed by atoms with Crippen LogP contribution in [0.5, 0.6) is 0 Å². The zero-order chi connectivity index (χ0) is 11.0. The number of nitrogens with one attached hydrogen (secondary N) is 1. The van der Waals surface area contributed by atoms with Gasteiger partial charge in [0.1, 0.15) is 0 Å². The average molecular weight is 224 g/mol. The van der Waals surface area contributed by atoms with E-state index in [1.165, 1.54) is 7.11 Å². The molecule has 3 nitrogen and oxygen atoms in total. The summed E-state index contributed by atoms with van der Waals surface area (Å²) in [5, 5.41) is 1.45. The number of methoxy groups -OCH3 is 1. The molecule has 0 aliphatic carbocycles. The minimum atomic E-state index is -0.385. The third-order valence-electron chi connectivity index (χ3n) is 2.23. The second kappa shape index (κ2) is 3.59. The van der Waals surface area contributed by atoms with Crippen LogP contribution in [-0.2, 0) is 4.74 Å². The lowest BCUT2D eigenvalue weighted by Gasteiger charge is -2.01. The summed E-state index contributed by atoms with van der Waals surface area (Å²) in [6.45, 7) is 1.93. The summed E-state index contributed by atoms with van der Waals surface area (Å²) in [6, 6.07) is 5.35. The van der Waals surface area contributed by atoms with Gasteiger partial charge in [-0.2, -0.15) is 0 Å². The topological polar surface area (TPSA) is 42.1 Å². The van der Waals surface area contributed by atoms with Crippen LogP contribution in [0.4, 0.5) is 0 Å². The Morgan fingerprint density at radius 1 is 1.40 bits per heavy atom. The molecule has 78 valence electrons. The summed E-state index contributed by atoms with van der Waals surface area (Å²) in [7, 11) is 1.35. The second-order valence-electron chi connectivity index (χ2n) is 3.36. The third kappa shape index (κ3) is 1.70. The maximum Gasteiger partial charge on any atom is 0.340 e. The fraction of sp³-hybridized carbons (Fsp3) is 0.182. The van der Waals surface area contributed by atoms with Gasteiger partial charge in [-0.25, -0.2) is 4.79 Å². The van der Waals surface area contributed by atoms with E-state index in [0.29, 0.717) is 10.6 Å². The highest BCUT2D eigenvalue weighted by Gasteiger charge is 2.13. The molecule has 1 N–H and O–H groups in total. The number of carbonyl (C=O) groups is 1. The van der Waals surface area contributed by atoms with Crippen molar-refractivity contribution in [1.29, 1.82) is 0 Å². The standard InChI is InChI=1S/C11H10ClNO2/c1-6-3-7-4-8(12)5-9(10(7)13-6)11(14)15-2/h3-5,13H,1-2H3. The van der Waals surface area contributed by atoms with Crippen molar-refractivity contribution in [2.45, 2.75) is 6.92 Å². The highest BCUT2D eigenvalue weighted by atomic mass is 35.5. The molecule has 0 unspecified atom stereocenters. The Morgan fingerprint density at radius 2 is 2.13 bits per heavy atom. The SMILES string of the molecule is COC(=O)c1cc(Cl)cc2cc(C)[nH]c12. The van der Waals surface area contributed by atoms with Crippen molar-refractivity contribution < 1.29 is 9.53 Å². The van der Waals surface area contributed by atoms with Crippen molar-refractivity contribution in [1.82, 2.24) is 4.98 Å². The van der Waals surface area contributed by atoms with Crippen LogP contribution in [0.25, 0.3) is 10.9 Å². The van der Waals surface area contributed by atoms with Crippen molar-refractivity contribution in [2.75, 3.05) is 7.11 Å². The fourth-order valence-electron chi connectivity index (χ4n) is 1.62. The lowest BCUT2D eigenvalue weighted by Crippen LogP contribution is -2.02. The summed E-state index contributed by atoms with van der Waals surface area (Å²) < 4.78 is 4.69. The molecule has 0 spiro atoms. The van der Waals surface area contributed by atoms with E-state index in [0.717, 1.165) is 16.6 Å². The van der Waals surface area contributed by atoms with Gasteiger partial charge < -0.3 is 9.72 Å². The first kappa shape index (κ1) is 10.1. The molecule has 2 aromatic rings. The van der Waals surface area contributed by atoms with Gasteiger partial charge in [0.2, 0.25) is 0 Å². The van der Waals surface area contributed by atoms with Crippen molar-refractivity contribution in [3.63, 3.8) is 0 Å². The maximum absolute atomic E-state index is 11.5. The van der Waals surface area contributed by atoms with Crippen molar-refractivity contribution in [3.05, 3.63) is 34.5 Å². The number of hydrogen-bond acceptors (Lipinski definition) is 2. The Balaban J connectivity index is 2.75. The molecule has 1 aromatic carbocycles. The predicted molar refractivity (Wildman–Crippen MR) is 59.4 cm³/mol. The number of rotatable bonds is 1. The van der Waals surface area contributed by atoms with Crippen LogP contribution in [0, 0.1) is 6.92 Å². The molecule has 0 radical (unpaired) electrons. The first-order chi connectivity index (χ1) is 7.11. The van der Waals surface area contributed by atoms with Crippen LogP contribution in [0.15, 0.2) is 18.2 Å². The van der Waals surface area contributed by atoms with Crippen LogP contribution in [0.1, 0.15) is 16.1 Å². The lowest BCUT2D eigenvalue weighted by molar-refractivity contribution is 0.0603. The average Bonchev–Trinajstić information content (AvgIpc) is 2.55. The molecule has 2 rings (SSSR count). The molecule has 1 heterocycles. The Bertz CT molecular complexity index is 531. The van der Waals surface area contributed by atoms with Crippen LogP contribution < -0.4 is 0 Å². The number of hydrogen-bond donors (Lipinski definition) is 1. The van der Waals surface area contributed by atoms with E-state index >= 15 is 0 Å². The third-order valence-corrected chi connectivity index (χ3v) is 2.45. The van der Waals surface area contributed by atoms with Gasteiger partial charge in [-0.3, -0.25) is 0 Å². The van der Waals surface area contributed by atoms with Crippen LogP contribution in [0.3, 0.4) is 0 Å². The molecule has 0 aliphatic heterocycles. The number of aromatic amines is 1. The lowest BCUT2D eigenvalue weighted by atomic mass is 10.1. The number of aryl methyl sites for hydroxylation is 1. The van der Waals surface area contributed by atoms with Gasteiger partial charge in [0.05, 0.1) is 18.2 Å². The molecule has 1 aromatic heterocycles. The zero-order valence-electron chi connectivity index (χ0n) is 8.43. The number of halogens is 1. The van der Waals surface area contributed by atoms with E-state index in [-0.39, 0.29) is 5.97 Å².